The van der Waals surface area contributed by atoms with E-state index >= 15 is 0 Å². The number of carboxylic acid groups (broad SMARTS) is 1. The highest BCUT2D eigenvalue weighted by Crippen LogP contribution is 2.26. The molecule has 0 aliphatic heterocycles. The Labute approximate surface area is 117 Å². The van der Waals surface area contributed by atoms with Gasteiger partial charge in [0, 0.05) is 25.1 Å². The number of guanidine groups is 1. The van der Waals surface area contributed by atoms with Gasteiger partial charge in [0.15, 0.2) is 5.96 Å². The Balaban J connectivity index is 0. The van der Waals surface area contributed by atoms with Crippen LogP contribution in [0, 0.1) is 5.41 Å². The van der Waals surface area contributed by atoms with Crippen molar-refractivity contribution in [3.8, 4) is 17.2 Å². The molecular weight excluding hydrogens is 266 g/mol. The molecule has 0 saturated heterocycles. The second-order valence-electron chi connectivity index (χ2n) is 3.23. The van der Waals surface area contributed by atoms with E-state index in [0.29, 0.717) is 0 Å². The van der Waals surface area contributed by atoms with Gasteiger partial charge in [-0.1, -0.05) is 0 Å². The van der Waals surface area contributed by atoms with Crippen LogP contribution >= 0.6 is 0 Å². The largest absolute Gasteiger partial charge is 0.496 e. The molecule has 0 aliphatic rings. The Hall–Kier alpha value is -2.64. The van der Waals surface area contributed by atoms with E-state index in [1.165, 1.54) is 0 Å². The Morgan fingerprint density at radius 3 is 1.25 bits per heavy atom. The van der Waals surface area contributed by atoms with Crippen LogP contribution in [0.5, 0.6) is 17.2 Å². The van der Waals surface area contributed by atoms with Crippen LogP contribution in [0.1, 0.15) is 6.92 Å². The van der Waals surface area contributed by atoms with Crippen LogP contribution in [0.25, 0.3) is 0 Å². The third kappa shape index (κ3) is 13.4. The summed E-state index contributed by atoms with van der Waals surface area (Å²) in [5.74, 6) is 1.02. The van der Waals surface area contributed by atoms with Crippen molar-refractivity contribution in [2.45, 2.75) is 6.92 Å². The summed E-state index contributed by atoms with van der Waals surface area (Å²) in [7, 11) is 4.82. The predicted molar refractivity (Wildman–Crippen MR) is 75.5 cm³/mol. The van der Waals surface area contributed by atoms with Gasteiger partial charge in [0.1, 0.15) is 17.2 Å². The molecule has 1 rings (SSSR count). The highest BCUT2D eigenvalue weighted by atomic mass is 16.5. The minimum Gasteiger partial charge on any atom is -0.496 e. The number of carbonyl (C=O) groups is 1. The maximum atomic E-state index is 9.00. The zero-order valence-corrected chi connectivity index (χ0v) is 12.0. The Bertz CT molecular complexity index is 348. The van der Waals surface area contributed by atoms with Gasteiger partial charge >= 0.3 is 0 Å². The number of benzene rings is 1. The molecule has 0 heterocycles. The van der Waals surface area contributed by atoms with Crippen molar-refractivity contribution >= 4 is 11.9 Å². The van der Waals surface area contributed by atoms with Crippen LogP contribution < -0.4 is 25.7 Å². The first-order valence-electron chi connectivity index (χ1n) is 5.32. The molecule has 0 aromatic heterocycles. The summed E-state index contributed by atoms with van der Waals surface area (Å²) < 4.78 is 15.1. The van der Waals surface area contributed by atoms with Gasteiger partial charge in [0.05, 0.1) is 21.3 Å². The Morgan fingerprint density at radius 2 is 1.15 bits per heavy atom. The molecule has 8 nitrogen and oxygen atoms in total. The average Bonchev–Trinajstić information content (AvgIpc) is 2.36. The summed E-state index contributed by atoms with van der Waals surface area (Å²) in [6, 6.07) is 5.38. The van der Waals surface area contributed by atoms with E-state index in [-0.39, 0.29) is 5.96 Å². The molecular formula is C12H21N3O5. The van der Waals surface area contributed by atoms with Crippen LogP contribution in [0.2, 0.25) is 0 Å². The van der Waals surface area contributed by atoms with E-state index in [0.717, 1.165) is 24.2 Å². The normalized spacial score (nSPS) is 8.00. The minimum atomic E-state index is -0.833. The second-order valence-corrected chi connectivity index (χ2v) is 3.23. The summed E-state index contributed by atoms with van der Waals surface area (Å²) in [6.07, 6.45) is 0. The van der Waals surface area contributed by atoms with Crippen molar-refractivity contribution in [3.63, 3.8) is 0 Å². The fraction of sp³-hybridized carbons (Fsp3) is 0.333. The van der Waals surface area contributed by atoms with Crippen molar-refractivity contribution in [2.75, 3.05) is 21.3 Å². The molecule has 0 saturated carbocycles. The number of hydrogen-bond acceptors (Lipinski definition) is 5. The lowest BCUT2D eigenvalue weighted by molar-refractivity contribution is -0.134. The number of nitrogens with one attached hydrogen (secondary N) is 1. The molecule has 0 atom stereocenters. The fourth-order valence-electron chi connectivity index (χ4n) is 0.899. The first-order chi connectivity index (χ1) is 9.26. The first kappa shape index (κ1) is 19.7. The van der Waals surface area contributed by atoms with Gasteiger partial charge in [0.25, 0.3) is 5.97 Å². The van der Waals surface area contributed by atoms with Crippen molar-refractivity contribution in [2.24, 2.45) is 11.5 Å². The van der Waals surface area contributed by atoms with E-state index in [9.17, 15) is 0 Å². The standard InChI is InChI=1S/C9H12O3.C2H4O2.CH5N3/c1-10-7-4-8(11-2)6-9(5-7)12-3;1-2(3)4;2-1(3)4/h4-6H,1-3H3;1H3,(H,3,4);(H5,2,3,4). The van der Waals surface area contributed by atoms with E-state index in [1.807, 2.05) is 0 Å². The molecule has 8 heteroatoms. The van der Waals surface area contributed by atoms with Crippen molar-refractivity contribution in [3.05, 3.63) is 18.2 Å². The van der Waals surface area contributed by atoms with Crippen molar-refractivity contribution < 1.29 is 24.1 Å². The summed E-state index contributed by atoms with van der Waals surface area (Å²) in [4.78, 5) is 9.00. The van der Waals surface area contributed by atoms with Crippen LogP contribution in [-0.2, 0) is 4.79 Å². The highest BCUT2D eigenvalue weighted by Gasteiger charge is 2.00. The third-order valence-corrected chi connectivity index (χ3v) is 1.56. The monoisotopic (exact) mass is 287 g/mol. The topological polar surface area (TPSA) is 141 Å². The van der Waals surface area contributed by atoms with E-state index in [2.05, 4.69) is 11.5 Å². The van der Waals surface area contributed by atoms with Crippen LogP contribution in [-0.4, -0.2) is 38.4 Å². The van der Waals surface area contributed by atoms with Gasteiger partial charge in [0.2, 0.25) is 0 Å². The lowest BCUT2D eigenvalue weighted by atomic mass is 10.3. The maximum absolute atomic E-state index is 9.00. The van der Waals surface area contributed by atoms with Gasteiger partial charge in [-0.3, -0.25) is 10.2 Å². The number of hydrogen-bond donors (Lipinski definition) is 4. The van der Waals surface area contributed by atoms with Crippen LogP contribution in [0.3, 0.4) is 0 Å². The summed E-state index contributed by atoms with van der Waals surface area (Å²) in [5, 5.41) is 13.5. The lowest BCUT2D eigenvalue weighted by Gasteiger charge is -2.06. The predicted octanol–water partition coefficient (Wildman–Crippen LogP) is 0.642. The molecule has 1 aromatic carbocycles. The quantitative estimate of drug-likeness (QED) is 0.472. The molecule has 114 valence electrons. The molecule has 0 unspecified atom stereocenters. The van der Waals surface area contributed by atoms with Crippen LogP contribution in [0.4, 0.5) is 0 Å². The molecule has 1 aromatic rings. The molecule has 0 aliphatic carbocycles. The minimum absolute atomic E-state index is 0.333. The number of nitrogens with two attached hydrogens (primary N) is 2. The van der Waals surface area contributed by atoms with Gasteiger partial charge in [-0.05, 0) is 0 Å². The molecule has 0 radical (unpaired) electrons. The summed E-state index contributed by atoms with van der Waals surface area (Å²) >= 11 is 0. The number of rotatable bonds is 3. The first-order valence-corrected chi connectivity index (χ1v) is 5.32. The smallest absolute Gasteiger partial charge is 0.300 e. The average molecular weight is 287 g/mol. The fourth-order valence-corrected chi connectivity index (χ4v) is 0.899. The third-order valence-electron chi connectivity index (χ3n) is 1.56. The second kappa shape index (κ2) is 11.5. The van der Waals surface area contributed by atoms with E-state index < -0.39 is 5.97 Å². The molecule has 0 spiro atoms. The van der Waals surface area contributed by atoms with Crippen molar-refractivity contribution in [1.29, 1.82) is 5.41 Å². The van der Waals surface area contributed by atoms with Gasteiger partial charge < -0.3 is 30.8 Å². The highest BCUT2D eigenvalue weighted by molar-refractivity contribution is 5.71. The zero-order valence-electron chi connectivity index (χ0n) is 12.0. The SMILES string of the molecule is CC(=O)O.COc1cc(OC)cc(OC)c1.N=C(N)N. The molecule has 0 bridgehead atoms. The molecule has 6 N–H and O–H groups in total. The van der Waals surface area contributed by atoms with Gasteiger partial charge in [-0.15, -0.1) is 0 Å². The number of aliphatic carboxylic acids is 1. The summed E-state index contributed by atoms with van der Waals surface area (Å²) in [5.41, 5.74) is 8.94. The van der Waals surface area contributed by atoms with E-state index in [1.54, 1.807) is 39.5 Å². The van der Waals surface area contributed by atoms with E-state index in [4.69, 9.17) is 29.5 Å². The molecule has 0 amide bonds. The Morgan fingerprint density at radius 1 is 1.00 bits per heavy atom. The molecule has 0 fully saturated rings. The molecule has 20 heavy (non-hydrogen) atoms. The van der Waals surface area contributed by atoms with Crippen molar-refractivity contribution in [1.82, 2.24) is 0 Å². The van der Waals surface area contributed by atoms with Gasteiger partial charge in [-0.25, -0.2) is 0 Å². The Kier molecular flexibility index (Phi) is 11.3. The van der Waals surface area contributed by atoms with Gasteiger partial charge in [-0.2, -0.15) is 0 Å². The summed E-state index contributed by atoms with van der Waals surface area (Å²) in [6.45, 7) is 1.08. The lowest BCUT2D eigenvalue weighted by Crippen LogP contribution is -2.20. The number of methoxy groups -OCH3 is 3. The maximum Gasteiger partial charge on any atom is 0.300 e. The number of carboxylic acids is 1. The number of ether oxygens (including phenoxy) is 3. The van der Waals surface area contributed by atoms with Crippen LogP contribution in [0.15, 0.2) is 18.2 Å². The zero-order chi connectivity index (χ0) is 16.1.